The van der Waals surface area contributed by atoms with Crippen LogP contribution in [0.5, 0.6) is 11.5 Å². The molecule has 8 heteroatoms. The van der Waals surface area contributed by atoms with Crippen LogP contribution in [0, 0.1) is 11.8 Å². The highest BCUT2D eigenvalue weighted by molar-refractivity contribution is 5.94. The number of hydrogen-bond acceptors (Lipinski definition) is 7. The van der Waals surface area contributed by atoms with E-state index in [2.05, 4.69) is 31.6 Å². The zero-order valence-corrected chi connectivity index (χ0v) is 18.3. The van der Waals surface area contributed by atoms with E-state index >= 15 is 0 Å². The Morgan fingerprint density at radius 3 is 2.61 bits per heavy atom. The van der Waals surface area contributed by atoms with Gasteiger partial charge in [0.1, 0.15) is 23.5 Å². The highest BCUT2D eigenvalue weighted by atomic mass is 16.5. The molecule has 1 atom stereocenters. The van der Waals surface area contributed by atoms with Crippen molar-refractivity contribution in [2.45, 2.75) is 19.4 Å². The monoisotopic (exact) mass is 440 g/mol. The molecular weight excluding hydrogens is 416 g/mol. The minimum absolute atomic E-state index is 0.131. The Morgan fingerprint density at radius 2 is 1.85 bits per heavy atom. The number of likely N-dealkylation sites (tertiary alicyclic amines) is 1. The number of rotatable bonds is 4. The molecule has 1 aromatic heterocycles. The molecule has 33 heavy (non-hydrogen) atoms. The number of benzene rings is 2. The predicted molar refractivity (Wildman–Crippen MR) is 127 cm³/mol. The van der Waals surface area contributed by atoms with Crippen LogP contribution in [0.1, 0.15) is 13.3 Å². The first-order valence-electron chi connectivity index (χ1n) is 10.8. The number of carbonyl (C=O) groups is 1. The SMILES string of the molecule is CC#CC(=O)N1CCC(N2CN(c3ccc(Oc4ccccc4)cc3)c3c(N)ncnc32)C1. The van der Waals surface area contributed by atoms with Crippen LogP contribution in [-0.4, -0.2) is 46.6 Å². The fraction of sp³-hybridized carbons (Fsp3) is 0.240. The first-order chi connectivity index (χ1) is 16.1. The van der Waals surface area contributed by atoms with Gasteiger partial charge in [0.05, 0.1) is 12.7 Å². The van der Waals surface area contributed by atoms with Crippen LogP contribution >= 0.6 is 0 Å². The number of carbonyl (C=O) groups excluding carboxylic acids is 1. The van der Waals surface area contributed by atoms with Crippen molar-refractivity contribution < 1.29 is 9.53 Å². The first kappa shape index (κ1) is 20.6. The number of nitrogens with two attached hydrogens (primary N) is 1. The highest BCUT2D eigenvalue weighted by Gasteiger charge is 2.38. The van der Waals surface area contributed by atoms with Gasteiger partial charge in [0, 0.05) is 18.8 Å². The third kappa shape index (κ3) is 4.01. The number of nitrogens with zero attached hydrogens (tertiary/aromatic N) is 5. The fourth-order valence-electron chi connectivity index (χ4n) is 4.33. The van der Waals surface area contributed by atoms with Crippen LogP contribution in [0.2, 0.25) is 0 Å². The molecule has 2 N–H and O–H groups in total. The van der Waals surface area contributed by atoms with Crippen LogP contribution in [0.25, 0.3) is 0 Å². The molecule has 0 spiro atoms. The van der Waals surface area contributed by atoms with Crippen molar-refractivity contribution in [3.8, 4) is 23.3 Å². The molecule has 1 unspecified atom stereocenters. The number of nitrogen functional groups attached to an aromatic ring is 1. The zero-order valence-electron chi connectivity index (χ0n) is 18.3. The molecule has 8 nitrogen and oxygen atoms in total. The summed E-state index contributed by atoms with van der Waals surface area (Å²) in [7, 11) is 0. The molecule has 3 aromatic rings. The van der Waals surface area contributed by atoms with Gasteiger partial charge in [-0.2, -0.15) is 0 Å². The van der Waals surface area contributed by atoms with Gasteiger partial charge in [0.15, 0.2) is 11.6 Å². The molecule has 2 aliphatic heterocycles. The lowest BCUT2D eigenvalue weighted by molar-refractivity contribution is -0.124. The number of amides is 1. The lowest BCUT2D eigenvalue weighted by Crippen LogP contribution is -2.40. The lowest BCUT2D eigenvalue weighted by Gasteiger charge is -2.26. The summed E-state index contributed by atoms with van der Waals surface area (Å²) in [5, 5.41) is 0. The van der Waals surface area contributed by atoms with E-state index in [1.54, 1.807) is 11.8 Å². The van der Waals surface area contributed by atoms with Gasteiger partial charge < -0.3 is 25.2 Å². The topological polar surface area (TPSA) is 87.8 Å². The van der Waals surface area contributed by atoms with Crippen molar-refractivity contribution in [3.05, 3.63) is 60.9 Å². The number of para-hydroxylation sites is 1. The molecule has 2 aliphatic rings. The Morgan fingerprint density at radius 1 is 1.09 bits per heavy atom. The van der Waals surface area contributed by atoms with E-state index < -0.39 is 0 Å². The number of ether oxygens (including phenoxy) is 1. The number of fused-ring (bicyclic) bond motifs is 1. The largest absolute Gasteiger partial charge is 0.457 e. The van der Waals surface area contributed by atoms with E-state index in [9.17, 15) is 4.79 Å². The van der Waals surface area contributed by atoms with Crippen molar-refractivity contribution in [2.75, 3.05) is 35.3 Å². The van der Waals surface area contributed by atoms with Gasteiger partial charge in [-0.05, 0) is 55.7 Å². The van der Waals surface area contributed by atoms with E-state index in [4.69, 9.17) is 10.5 Å². The summed E-state index contributed by atoms with van der Waals surface area (Å²) >= 11 is 0. The fourth-order valence-corrected chi connectivity index (χ4v) is 4.33. The van der Waals surface area contributed by atoms with Gasteiger partial charge in [0.25, 0.3) is 5.91 Å². The minimum atomic E-state index is -0.132. The van der Waals surface area contributed by atoms with E-state index in [0.29, 0.717) is 25.6 Å². The van der Waals surface area contributed by atoms with E-state index in [0.717, 1.165) is 35.1 Å². The standard InChI is InChI=1S/C25H24N6O2/c1-2-6-22(32)29-14-13-19(15-29)31-17-30(23-24(26)27-16-28-25(23)31)18-9-11-21(12-10-18)33-20-7-4-3-5-8-20/h3-5,7-12,16,19H,13-15,17H2,1H3,(H2,26,27,28). The van der Waals surface area contributed by atoms with Gasteiger partial charge >= 0.3 is 0 Å². The molecule has 0 aliphatic carbocycles. The lowest BCUT2D eigenvalue weighted by atomic mass is 10.2. The van der Waals surface area contributed by atoms with Gasteiger partial charge in [-0.25, -0.2) is 9.97 Å². The molecular formula is C25H24N6O2. The molecule has 0 bridgehead atoms. The van der Waals surface area contributed by atoms with Crippen LogP contribution in [0.15, 0.2) is 60.9 Å². The second kappa shape index (κ2) is 8.71. The maximum atomic E-state index is 12.2. The van der Waals surface area contributed by atoms with Crippen molar-refractivity contribution >= 4 is 28.9 Å². The van der Waals surface area contributed by atoms with E-state index in [1.165, 1.54) is 6.33 Å². The van der Waals surface area contributed by atoms with Gasteiger partial charge in [-0.3, -0.25) is 4.79 Å². The van der Waals surface area contributed by atoms with Gasteiger partial charge in [0.2, 0.25) is 0 Å². The second-order valence-corrected chi connectivity index (χ2v) is 7.95. The van der Waals surface area contributed by atoms with Crippen molar-refractivity contribution in [2.24, 2.45) is 0 Å². The Bertz CT molecular complexity index is 1220. The molecule has 2 aromatic carbocycles. The summed E-state index contributed by atoms with van der Waals surface area (Å²) in [5.41, 5.74) is 8.03. The summed E-state index contributed by atoms with van der Waals surface area (Å²) in [6, 6.07) is 17.7. The molecule has 1 amide bonds. The number of hydrogen-bond donors (Lipinski definition) is 1. The van der Waals surface area contributed by atoms with Gasteiger partial charge in [-0.1, -0.05) is 24.1 Å². The Balaban J connectivity index is 1.38. The maximum Gasteiger partial charge on any atom is 0.298 e. The van der Waals surface area contributed by atoms with Crippen molar-refractivity contribution in [1.29, 1.82) is 0 Å². The normalized spacial score (nSPS) is 16.9. The molecule has 5 rings (SSSR count). The van der Waals surface area contributed by atoms with E-state index in [-0.39, 0.29) is 11.9 Å². The van der Waals surface area contributed by atoms with Crippen LogP contribution in [0.3, 0.4) is 0 Å². The molecule has 1 saturated heterocycles. The van der Waals surface area contributed by atoms with Gasteiger partial charge in [-0.15, -0.1) is 0 Å². The Kier molecular flexibility index (Phi) is 5.45. The average molecular weight is 441 g/mol. The van der Waals surface area contributed by atoms with Crippen molar-refractivity contribution in [1.82, 2.24) is 14.9 Å². The molecule has 3 heterocycles. The number of aromatic nitrogens is 2. The summed E-state index contributed by atoms with van der Waals surface area (Å²) in [6.45, 7) is 3.53. The second-order valence-electron chi connectivity index (χ2n) is 7.95. The Hall–Kier alpha value is -4.25. The molecule has 0 saturated carbocycles. The third-order valence-electron chi connectivity index (χ3n) is 5.92. The summed E-state index contributed by atoms with van der Waals surface area (Å²) in [6.07, 6.45) is 2.33. The maximum absolute atomic E-state index is 12.2. The van der Waals surface area contributed by atoms with Crippen LogP contribution in [0.4, 0.5) is 23.0 Å². The minimum Gasteiger partial charge on any atom is -0.457 e. The molecule has 0 radical (unpaired) electrons. The highest BCUT2D eigenvalue weighted by Crippen LogP contribution is 2.44. The summed E-state index contributed by atoms with van der Waals surface area (Å²) in [4.78, 5) is 27.1. The third-order valence-corrected chi connectivity index (χ3v) is 5.92. The van der Waals surface area contributed by atoms with E-state index in [1.807, 2.05) is 54.6 Å². The smallest absolute Gasteiger partial charge is 0.298 e. The predicted octanol–water partition coefficient (Wildman–Crippen LogP) is 3.39. The van der Waals surface area contributed by atoms with Crippen LogP contribution < -0.4 is 20.3 Å². The first-order valence-corrected chi connectivity index (χ1v) is 10.8. The summed E-state index contributed by atoms with van der Waals surface area (Å²) < 4.78 is 5.92. The number of anilines is 4. The zero-order chi connectivity index (χ0) is 22.8. The van der Waals surface area contributed by atoms with Crippen molar-refractivity contribution in [3.63, 3.8) is 0 Å². The summed E-state index contributed by atoms with van der Waals surface area (Å²) in [5.74, 6) is 7.94. The quantitative estimate of drug-likeness (QED) is 0.622. The average Bonchev–Trinajstić information content (AvgIpc) is 3.47. The Labute approximate surface area is 192 Å². The van der Waals surface area contributed by atoms with Crippen LogP contribution in [-0.2, 0) is 4.79 Å². The molecule has 1 fully saturated rings. The molecule has 166 valence electrons.